The zero-order valence-corrected chi connectivity index (χ0v) is 8.85. The van der Waals surface area contributed by atoms with E-state index in [1.54, 1.807) is 0 Å². The van der Waals surface area contributed by atoms with Crippen LogP contribution >= 0.6 is 0 Å². The van der Waals surface area contributed by atoms with Gasteiger partial charge in [-0.2, -0.15) is 13.2 Å². The molecule has 0 amide bonds. The molecule has 94 valence electrons. The van der Waals surface area contributed by atoms with Crippen molar-refractivity contribution in [2.45, 2.75) is 18.7 Å². The lowest BCUT2D eigenvalue weighted by Crippen LogP contribution is -2.20. The molecular formula is C11H11F4NO. The Morgan fingerprint density at radius 3 is 2.59 bits per heavy atom. The molecule has 1 unspecified atom stereocenters. The van der Waals surface area contributed by atoms with Gasteiger partial charge >= 0.3 is 6.18 Å². The summed E-state index contributed by atoms with van der Waals surface area (Å²) in [6, 6.07) is 2.24. The highest BCUT2D eigenvalue weighted by molar-refractivity contribution is 5.31. The topological polar surface area (TPSA) is 21.3 Å². The van der Waals surface area contributed by atoms with E-state index < -0.39 is 17.6 Å². The Hall–Kier alpha value is -1.30. The van der Waals surface area contributed by atoms with Crippen molar-refractivity contribution in [3.63, 3.8) is 0 Å². The number of hydrogen-bond donors (Lipinski definition) is 1. The van der Waals surface area contributed by atoms with Gasteiger partial charge in [0.05, 0.1) is 5.56 Å². The van der Waals surface area contributed by atoms with Crippen LogP contribution < -0.4 is 10.1 Å². The summed E-state index contributed by atoms with van der Waals surface area (Å²) >= 11 is 0. The molecule has 0 aliphatic carbocycles. The van der Waals surface area contributed by atoms with E-state index in [1.807, 2.05) is 0 Å². The van der Waals surface area contributed by atoms with Gasteiger partial charge in [-0.05, 0) is 25.1 Å². The molecule has 2 nitrogen and oxygen atoms in total. The molecule has 1 N–H and O–H groups in total. The first-order valence-electron chi connectivity index (χ1n) is 5.20. The molecule has 1 atom stereocenters. The molecule has 1 aliphatic heterocycles. The van der Waals surface area contributed by atoms with Gasteiger partial charge in [-0.25, -0.2) is 4.39 Å². The highest BCUT2D eigenvalue weighted by atomic mass is 19.4. The SMILES string of the molecule is Fc1cc(OC2CCNC2)cc(C(F)(F)F)c1. The molecule has 1 heterocycles. The summed E-state index contributed by atoms with van der Waals surface area (Å²) in [5.74, 6) is -1.02. The first-order chi connectivity index (χ1) is 7.95. The molecule has 0 bridgehead atoms. The third-order valence-corrected chi connectivity index (χ3v) is 2.52. The maximum absolute atomic E-state index is 13.0. The molecule has 6 heteroatoms. The summed E-state index contributed by atoms with van der Waals surface area (Å²) < 4.78 is 55.6. The van der Waals surface area contributed by atoms with E-state index in [-0.39, 0.29) is 11.9 Å². The van der Waals surface area contributed by atoms with Crippen molar-refractivity contribution in [2.24, 2.45) is 0 Å². The number of halogens is 4. The van der Waals surface area contributed by atoms with Crippen LogP contribution in [0.4, 0.5) is 17.6 Å². The van der Waals surface area contributed by atoms with Gasteiger partial charge < -0.3 is 10.1 Å². The van der Waals surface area contributed by atoms with E-state index in [0.29, 0.717) is 19.0 Å². The second-order valence-corrected chi connectivity index (χ2v) is 3.91. The molecule has 1 saturated heterocycles. The number of nitrogens with one attached hydrogen (secondary N) is 1. The highest BCUT2D eigenvalue weighted by Gasteiger charge is 2.32. The first kappa shape index (κ1) is 12.2. The van der Waals surface area contributed by atoms with E-state index in [0.717, 1.165) is 18.7 Å². The van der Waals surface area contributed by atoms with Crippen molar-refractivity contribution in [3.8, 4) is 5.75 Å². The number of rotatable bonds is 2. The van der Waals surface area contributed by atoms with Crippen LogP contribution in [0.5, 0.6) is 5.75 Å². The summed E-state index contributed by atoms with van der Waals surface area (Å²) in [7, 11) is 0. The van der Waals surface area contributed by atoms with Gasteiger partial charge in [0.15, 0.2) is 0 Å². The van der Waals surface area contributed by atoms with Crippen LogP contribution in [0, 0.1) is 5.82 Å². The second kappa shape index (κ2) is 4.52. The first-order valence-corrected chi connectivity index (χ1v) is 5.20. The van der Waals surface area contributed by atoms with Gasteiger partial charge in [-0.3, -0.25) is 0 Å². The van der Waals surface area contributed by atoms with Gasteiger partial charge in [0.25, 0.3) is 0 Å². The molecule has 1 aromatic carbocycles. The molecule has 0 saturated carbocycles. The lowest BCUT2D eigenvalue weighted by molar-refractivity contribution is -0.137. The molecule has 2 rings (SSSR count). The molecule has 1 aromatic rings. The minimum Gasteiger partial charge on any atom is -0.489 e. The molecule has 17 heavy (non-hydrogen) atoms. The zero-order valence-electron chi connectivity index (χ0n) is 8.85. The van der Waals surface area contributed by atoms with Crippen molar-refractivity contribution in [1.82, 2.24) is 5.32 Å². The van der Waals surface area contributed by atoms with E-state index in [9.17, 15) is 17.6 Å². The quantitative estimate of drug-likeness (QED) is 0.813. The van der Waals surface area contributed by atoms with E-state index in [2.05, 4.69) is 5.32 Å². The summed E-state index contributed by atoms with van der Waals surface area (Å²) in [5, 5.41) is 3.01. The molecular weight excluding hydrogens is 238 g/mol. The van der Waals surface area contributed by atoms with Gasteiger partial charge in [-0.15, -0.1) is 0 Å². The fraction of sp³-hybridized carbons (Fsp3) is 0.455. The third kappa shape index (κ3) is 3.09. The average Bonchev–Trinajstić information content (AvgIpc) is 2.68. The standard InChI is InChI=1S/C11H11F4NO/c12-8-3-7(11(13,14)15)4-10(5-8)17-9-1-2-16-6-9/h3-5,9,16H,1-2,6H2. The lowest BCUT2D eigenvalue weighted by atomic mass is 10.2. The Morgan fingerprint density at radius 2 is 2.00 bits per heavy atom. The fourth-order valence-electron chi connectivity index (χ4n) is 1.72. The van der Waals surface area contributed by atoms with Crippen molar-refractivity contribution in [1.29, 1.82) is 0 Å². The van der Waals surface area contributed by atoms with E-state index in [4.69, 9.17) is 4.74 Å². The number of benzene rings is 1. The normalized spacial score (nSPS) is 20.6. The summed E-state index contributed by atoms with van der Waals surface area (Å²) in [6.45, 7) is 1.32. The predicted molar refractivity (Wildman–Crippen MR) is 53.3 cm³/mol. The second-order valence-electron chi connectivity index (χ2n) is 3.91. The van der Waals surface area contributed by atoms with Gasteiger partial charge in [0.1, 0.15) is 17.7 Å². The fourth-order valence-corrected chi connectivity index (χ4v) is 1.72. The van der Waals surface area contributed by atoms with Crippen molar-refractivity contribution < 1.29 is 22.3 Å². The maximum Gasteiger partial charge on any atom is 0.416 e. The average molecular weight is 249 g/mol. The Morgan fingerprint density at radius 1 is 1.24 bits per heavy atom. The largest absolute Gasteiger partial charge is 0.489 e. The maximum atomic E-state index is 13.0. The van der Waals surface area contributed by atoms with Crippen LogP contribution in [0.25, 0.3) is 0 Å². The van der Waals surface area contributed by atoms with Crippen LogP contribution in [0.15, 0.2) is 18.2 Å². The summed E-state index contributed by atoms with van der Waals surface area (Å²) in [5.41, 5.74) is -1.03. The molecule has 1 aliphatic rings. The van der Waals surface area contributed by atoms with Crippen molar-refractivity contribution >= 4 is 0 Å². The van der Waals surface area contributed by atoms with E-state index >= 15 is 0 Å². The number of ether oxygens (including phenoxy) is 1. The Kier molecular flexibility index (Phi) is 3.24. The van der Waals surface area contributed by atoms with Crippen molar-refractivity contribution in [2.75, 3.05) is 13.1 Å². The van der Waals surface area contributed by atoms with Crippen molar-refractivity contribution in [3.05, 3.63) is 29.6 Å². The molecule has 0 spiro atoms. The third-order valence-electron chi connectivity index (χ3n) is 2.52. The van der Waals surface area contributed by atoms with Gasteiger partial charge in [0.2, 0.25) is 0 Å². The van der Waals surface area contributed by atoms with Gasteiger partial charge in [-0.1, -0.05) is 0 Å². The Bertz CT molecular complexity index is 399. The molecule has 1 fully saturated rings. The monoisotopic (exact) mass is 249 g/mol. The summed E-state index contributed by atoms with van der Waals surface area (Å²) in [6.07, 6.45) is -4.05. The predicted octanol–water partition coefficient (Wildman–Crippen LogP) is 2.59. The Balaban J connectivity index is 2.19. The van der Waals surface area contributed by atoms with Crippen LogP contribution in [-0.2, 0) is 6.18 Å². The van der Waals surface area contributed by atoms with Crippen LogP contribution in [-0.4, -0.2) is 19.2 Å². The summed E-state index contributed by atoms with van der Waals surface area (Å²) in [4.78, 5) is 0. The Labute approximate surface area is 95.6 Å². The molecule has 0 radical (unpaired) electrons. The number of alkyl halides is 3. The van der Waals surface area contributed by atoms with E-state index in [1.165, 1.54) is 0 Å². The van der Waals surface area contributed by atoms with Gasteiger partial charge in [0, 0.05) is 12.6 Å². The minimum absolute atomic E-state index is 0.0778. The zero-order chi connectivity index (χ0) is 12.5. The lowest BCUT2D eigenvalue weighted by Gasteiger charge is -2.14. The smallest absolute Gasteiger partial charge is 0.416 e. The minimum atomic E-state index is -4.56. The highest BCUT2D eigenvalue weighted by Crippen LogP contribution is 2.32. The number of hydrogen-bond acceptors (Lipinski definition) is 2. The van der Waals surface area contributed by atoms with Crippen LogP contribution in [0.2, 0.25) is 0 Å². The van der Waals surface area contributed by atoms with Crippen LogP contribution in [0.3, 0.4) is 0 Å². The molecule has 0 aromatic heterocycles. The van der Waals surface area contributed by atoms with Crippen LogP contribution in [0.1, 0.15) is 12.0 Å².